The van der Waals surface area contributed by atoms with Crippen molar-refractivity contribution in [2.75, 3.05) is 0 Å². The molecule has 92 valence electrons. The van der Waals surface area contributed by atoms with E-state index in [4.69, 9.17) is 4.42 Å². The Morgan fingerprint density at radius 3 is 2.37 bits per heavy atom. The van der Waals surface area contributed by atoms with Crippen LogP contribution in [0.3, 0.4) is 0 Å². The number of nitrogens with zero attached hydrogens (tertiary/aromatic N) is 2. The Morgan fingerprint density at radius 1 is 0.842 bits per heavy atom. The Kier molecular flexibility index (Phi) is 4.57. The minimum atomic E-state index is 0. The molecule has 2 aromatic heterocycles. The van der Waals surface area contributed by atoms with Crippen molar-refractivity contribution in [1.82, 2.24) is 15.0 Å². The van der Waals surface area contributed by atoms with Gasteiger partial charge in [-0.3, -0.25) is 0 Å². The molecule has 0 spiro atoms. The van der Waals surface area contributed by atoms with Crippen molar-refractivity contribution in [3.63, 3.8) is 0 Å². The second-order valence-electron chi connectivity index (χ2n) is 3.74. The number of para-hydroxylation sites is 4. The topological polar surface area (TPSA) is 54.7 Å². The van der Waals surface area contributed by atoms with Crippen LogP contribution in [0.15, 0.2) is 65.7 Å². The van der Waals surface area contributed by atoms with Gasteiger partial charge in [-0.1, -0.05) is 24.3 Å². The van der Waals surface area contributed by atoms with Crippen molar-refractivity contribution in [1.29, 1.82) is 0 Å². The van der Waals surface area contributed by atoms with Crippen molar-refractivity contribution in [3.05, 3.63) is 61.3 Å². The maximum Gasteiger partial charge on any atom is 0.181 e. The molecule has 0 aliphatic rings. The Labute approximate surface area is 126 Å². The van der Waals surface area contributed by atoms with Crippen molar-refractivity contribution in [2.24, 2.45) is 0 Å². The standard InChI is InChI=1S/C7H6N2.C7H5NO.Sn/c2*1-2-4-7-6(3-1)8-5-9-7;/h1-5H,(H,8,9);1-5H;. The number of fused-ring (bicyclic) bond motifs is 2. The van der Waals surface area contributed by atoms with Crippen LogP contribution in [0.25, 0.3) is 22.1 Å². The summed E-state index contributed by atoms with van der Waals surface area (Å²) in [5.74, 6) is 0. The van der Waals surface area contributed by atoms with Gasteiger partial charge in [0, 0.05) is 23.9 Å². The number of oxazole rings is 1. The summed E-state index contributed by atoms with van der Waals surface area (Å²) in [6.07, 6.45) is 3.15. The summed E-state index contributed by atoms with van der Waals surface area (Å²) in [5.41, 5.74) is 3.88. The van der Waals surface area contributed by atoms with Crippen LogP contribution in [0, 0.1) is 0 Å². The molecule has 4 radical (unpaired) electrons. The van der Waals surface area contributed by atoms with E-state index in [1.165, 1.54) is 6.39 Å². The predicted molar refractivity (Wildman–Crippen MR) is 75.9 cm³/mol. The largest absolute Gasteiger partial charge is 0.443 e. The second-order valence-corrected chi connectivity index (χ2v) is 3.74. The van der Waals surface area contributed by atoms with Gasteiger partial charge < -0.3 is 9.40 Å². The van der Waals surface area contributed by atoms with E-state index in [1.54, 1.807) is 6.33 Å². The molecular weight excluding hydrogens is 345 g/mol. The molecule has 19 heavy (non-hydrogen) atoms. The van der Waals surface area contributed by atoms with E-state index in [1.807, 2.05) is 48.5 Å². The quantitative estimate of drug-likeness (QED) is 0.493. The smallest absolute Gasteiger partial charge is 0.181 e. The molecule has 4 aromatic rings. The molecule has 5 heteroatoms. The molecule has 0 unspecified atom stereocenters. The first kappa shape index (κ1) is 13.6. The molecule has 0 saturated heterocycles. The third-order valence-corrected chi connectivity index (χ3v) is 2.56. The molecule has 0 aliphatic carbocycles. The van der Waals surface area contributed by atoms with Gasteiger partial charge in [-0.05, 0) is 24.3 Å². The van der Waals surface area contributed by atoms with Gasteiger partial charge in [0.25, 0.3) is 0 Å². The van der Waals surface area contributed by atoms with E-state index in [-0.39, 0.29) is 23.9 Å². The van der Waals surface area contributed by atoms with Crippen LogP contribution in [-0.2, 0) is 0 Å². The minimum absolute atomic E-state index is 0. The maximum atomic E-state index is 5.01. The van der Waals surface area contributed by atoms with Gasteiger partial charge in [0.05, 0.1) is 17.4 Å². The van der Waals surface area contributed by atoms with Crippen LogP contribution in [0.4, 0.5) is 0 Å². The van der Waals surface area contributed by atoms with Crippen LogP contribution < -0.4 is 0 Å². The number of benzene rings is 2. The first-order valence-electron chi connectivity index (χ1n) is 5.60. The summed E-state index contributed by atoms with van der Waals surface area (Å²) in [6.45, 7) is 0. The fourth-order valence-electron chi connectivity index (χ4n) is 1.68. The van der Waals surface area contributed by atoms with Crippen LogP contribution >= 0.6 is 0 Å². The van der Waals surface area contributed by atoms with E-state index < -0.39 is 0 Å². The number of hydrogen-bond donors (Lipinski definition) is 1. The summed E-state index contributed by atoms with van der Waals surface area (Å²) in [6, 6.07) is 15.6. The molecular formula is C14H11N3OSn. The van der Waals surface area contributed by atoms with Crippen LogP contribution in [0.1, 0.15) is 0 Å². The van der Waals surface area contributed by atoms with Gasteiger partial charge in [-0.15, -0.1) is 0 Å². The number of hydrogen-bond acceptors (Lipinski definition) is 3. The van der Waals surface area contributed by atoms with E-state index >= 15 is 0 Å². The summed E-state index contributed by atoms with van der Waals surface area (Å²) in [7, 11) is 0. The molecule has 0 atom stereocenters. The number of nitrogens with one attached hydrogen (secondary N) is 1. The molecule has 0 bridgehead atoms. The fraction of sp³-hybridized carbons (Fsp3) is 0. The molecule has 2 heterocycles. The third kappa shape index (κ3) is 3.14. The first-order chi connectivity index (χ1) is 8.93. The molecule has 0 saturated carbocycles. The Hall–Kier alpha value is -1.82. The van der Waals surface area contributed by atoms with Crippen LogP contribution in [-0.4, -0.2) is 38.9 Å². The second kappa shape index (κ2) is 6.38. The van der Waals surface area contributed by atoms with Gasteiger partial charge in [0.2, 0.25) is 0 Å². The van der Waals surface area contributed by atoms with Crippen molar-refractivity contribution in [2.45, 2.75) is 0 Å². The van der Waals surface area contributed by atoms with Gasteiger partial charge in [-0.2, -0.15) is 0 Å². The zero-order chi connectivity index (χ0) is 12.2. The van der Waals surface area contributed by atoms with E-state index in [2.05, 4.69) is 15.0 Å². The van der Waals surface area contributed by atoms with Crippen LogP contribution in [0.5, 0.6) is 0 Å². The third-order valence-electron chi connectivity index (χ3n) is 2.56. The average Bonchev–Trinajstić information content (AvgIpc) is 3.08. The van der Waals surface area contributed by atoms with E-state index in [0.717, 1.165) is 22.1 Å². The first-order valence-corrected chi connectivity index (χ1v) is 5.60. The average molecular weight is 356 g/mol. The normalized spacial score (nSPS) is 9.68. The Balaban J connectivity index is 0.000000133. The van der Waals surface area contributed by atoms with Gasteiger partial charge in [0.1, 0.15) is 5.52 Å². The molecule has 4 nitrogen and oxygen atoms in total. The number of imidazole rings is 1. The van der Waals surface area contributed by atoms with E-state index in [0.29, 0.717) is 0 Å². The predicted octanol–water partition coefficient (Wildman–Crippen LogP) is 3.01. The van der Waals surface area contributed by atoms with Crippen molar-refractivity contribution < 1.29 is 4.42 Å². The van der Waals surface area contributed by atoms with Gasteiger partial charge in [0.15, 0.2) is 12.0 Å². The monoisotopic (exact) mass is 357 g/mol. The summed E-state index contributed by atoms with van der Waals surface area (Å²) < 4.78 is 5.01. The van der Waals surface area contributed by atoms with Gasteiger partial charge in [-0.25, -0.2) is 9.97 Å². The summed E-state index contributed by atoms with van der Waals surface area (Å²) >= 11 is 0. The Morgan fingerprint density at radius 2 is 1.58 bits per heavy atom. The Bertz CT molecular complexity index is 637. The zero-order valence-corrected chi connectivity index (χ0v) is 12.9. The van der Waals surface area contributed by atoms with Gasteiger partial charge >= 0.3 is 0 Å². The zero-order valence-electron chi connectivity index (χ0n) is 10.1. The molecule has 2 aromatic carbocycles. The van der Waals surface area contributed by atoms with Crippen molar-refractivity contribution >= 4 is 46.0 Å². The molecule has 0 amide bonds. The maximum absolute atomic E-state index is 5.01. The van der Waals surface area contributed by atoms with E-state index in [9.17, 15) is 0 Å². The summed E-state index contributed by atoms with van der Waals surface area (Å²) in [5, 5.41) is 0. The number of aromatic amines is 1. The SMILES string of the molecule is [Sn].c1ccc2[nH]cnc2c1.c1ccc2ocnc2c1. The van der Waals surface area contributed by atoms with Crippen LogP contribution in [0.2, 0.25) is 0 Å². The fourth-order valence-corrected chi connectivity index (χ4v) is 1.68. The molecule has 4 rings (SSSR count). The number of H-pyrrole nitrogens is 1. The number of rotatable bonds is 0. The molecule has 0 aliphatic heterocycles. The molecule has 0 fully saturated rings. The minimum Gasteiger partial charge on any atom is -0.443 e. The molecule has 1 N–H and O–H groups in total. The number of aromatic nitrogens is 3. The van der Waals surface area contributed by atoms with Crippen molar-refractivity contribution in [3.8, 4) is 0 Å². The summed E-state index contributed by atoms with van der Waals surface area (Å²) in [4.78, 5) is 11.0.